The summed E-state index contributed by atoms with van der Waals surface area (Å²) >= 11 is 1.92. The van der Waals surface area contributed by atoms with Crippen LogP contribution in [-0.4, -0.2) is 18.8 Å². The third-order valence-electron chi connectivity index (χ3n) is 3.54. The van der Waals surface area contributed by atoms with Crippen molar-refractivity contribution in [2.45, 2.75) is 51.7 Å². The zero-order valence-corrected chi connectivity index (χ0v) is 11.9. The fraction of sp³-hybridized carbons (Fsp3) is 0.714. The van der Waals surface area contributed by atoms with Crippen LogP contribution in [0.1, 0.15) is 49.4 Å². The van der Waals surface area contributed by atoms with Crippen LogP contribution in [0, 0.1) is 0 Å². The number of nitrogens with one attached hydrogen (secondary N) is 1. The maximum absolute atomic E-state index is 5.79. The second-order valence-electron chi connectivity index (χ2n) is 5.16. The zero-order chi connectivity index (χ0) is 12.3. The Kier molecular flexibility index (Phi) is 4.23. The predicted molar refractivity (Wildman–Crippen MR) is 73.7 cm³/mol. The molecule has 2 heterocycles. The van der Waals surface area contributed by atoms with E-state index in [2.05, 4.69) is 38.2 Å². The Balaban J connectivity index is 1.86. The molecule has 1 aromatic rings. The lowest BCUT2D eigenvalue weighted by Crippen LogP contribution is -2.38. The van der Waals surface area contributed by atoms with E-state index in [0.29, 0.717) is 6.04 Å². The van der Waals surface area contributed by atoms with E-state index in [4.69, 9.17) is 4.74 Å². The van der Waals surface area contributed by atoms with Crippen molar-refractivity contribution in [2.75, 3.05) is 13.2 Å². The molecule has 2 atom stereocenters. The lowest BCUT2D eigenvalue weighted by Gasteiger charge is -2.25. The molecule has 0 aliphatic carbocycles. The molecule has 0 amide bonds. The Bertz CT molecular complexity index is 355. The minimum absolute atomic E-state index is 0.0547. The average molecular weight is 253 g/mol. The predicted octanol–water partition coefficient (Wildman–Crippen LogP) is 3.53. The molecule has 1 N–H and O–H groups in total. The van der Waals surface area contributed by atoms with E-state index in [0.717, 1.165) is 19.6 Å². The summed E-state index contributed by atoms with van der Waals surface area (Å²) in [7, 11) is 0. The molecule has 0 radical (unpaired) electrons. The van der Waals surface area contributed by atoms with Gasteiger partial charge in [0.15, 0.2) is 0 Å². The molecule has 2 unspecified atom stereocenters. The van der Waals surface area contributed by atoms with Crippen LogP contribution in [-0.2, 0) is 11.2 Å². The first-order valence-corrected chi connectivity index (χ1v) is 7.40. The summed E-state index contributed by atoms with van der Waals surface area (Å²) in [5.41, 5.74) is 0.0547. The maximum atomic E-state index is 5.79. The van der Waals surface area contributed by atoms with Crippen LogP contribution in [0.15, 0.2) is 12.1 Å². The lowest BCUT2D eigenvalue weighted by molar-refractivity contribution is 0.0192. The van der Waals surface area contributed by atoms with Gasteiger partial charge in [-0.3, -0.25) is 0 Å². The Labute approximate surface area is 108 Å². The van der Waals surface area contributed by atoms with Crippen molar-refractivity contribution >= 4 is 11.3 Å². The van der Waals surface area contributed by atoms with Crippen LogP contribution in [0.2, 0.25) is 0 Å². The molecule has 0 bridgehead atoms. The quantitative estimate of drug-likeness (QED) is 0.867. The van der Waals surface area contributed by atoms with Crippen molar-refractivity contribution in [2.24, 2.45) is 0 Å². The van der Waals surface area contributed by atoms with E-state index in [1.807, 2.05) is 11.3 Å². The number of hydrogen-bond donors (Lipinski definition) is 1. The summed E-state index contributed by atoms with van der Waals surface area (Å²) in [6, 6.07) is 4.92. The smallest absolute Gasteiger partial charge is 0.0779 e. The monoisotopic (exact) mass is 253 g/mol. The largest absolute Gasteiger partial charge is 0.374 e. The van der Waals surface area contributed by atoms with Crippen LogP contribution in [0.4, 0.5) is 0 Å². The fourth-order valence-corrected chi connectivity index (χ4v) is 3.24. The van der Waals surface area contributed by atoms with Crippen LogP contribution in [0.5, 0.6) is 0 Å². The van der Waals surface area contributed by atoms with Crippen molar-refractivity contribution in [1.82, 2.24) is 5.32 Å². The molecule has 2 nitrogen and oxygen atoms in total. The average Bonchev–Trinajstić information content (AvgIpc) is 2.95. The van der Waals surface area contributed by atoms with Crippen molar-refractivity contribution in [3.8, 4) is 0 Å². The maximum Gasteiger partial charge on any atom is 0.0779 e. The van der Waals surface area contributed by atoms with Crippen molar-refractivity contribution in [3.05, 3.63) is 21.9 Å². The summed E-state index contributed by atoms with van der Waals surface area (Å²) in [6.45, 7) is 8.54. The topological polar surface area (TPSA) is 21.3 Å². The van der Waals surface area contributed by atoms with E-state index in [9.17, 15) is 0 Å². The summed E-state index contributed by atoms with van der Waals surface area (Å²) in [6.07, 6.45) is 3.52. The number of hydrogen-bond acceptors (Lipinski definition) is 3. The Morgan fingerprint density at radius 1 is 1.53 bits per heavy atom. The van der Waals surface area contributed by atoms with Crippen LogP contribution in [0.25, 0.3) is 0 Å². The summed E-state index contributed by atoms with van der Waals surface area (Å²) in [4.78, 5) is 2.90. The Hall–Kier alpha value is -0.380. The van der Waals surface area contributed by atoms with E-state index in [1.54, 1.807) is 0 Å². The van der Waals surface area contributed by atoms with E-state index in [1.165, 1.54) is 22.6 Å². The molecule has 0 saturated carbocycles. The van der Waals surface area contributed by atoms with Crippen molar-refractivity contribution < 1.29 is 4.74 Å². The van der Waals surface area contributed by atoms with Gasteiger partial charge in [0.25, 0.3) is 0 Å². The SMILES string of the molecule is CCc1ccc(C(C)NCC2(C)CCCO2)s1. The van der Waals surface area contributed by atoms with Gasteiger partial charge in [0.1, 0.15) is 0 Å². The first-order chi connectivity index (χ1) is 8.13. The first-order valence-electron chi connectivity index (χ1n) is 6.59. The molecule has 1 fully saturated rings. The van der Waals surface area contributed by atoms with Gasteiger partial charge in [0.05, 0.1) is 5.60 Å². The molecule has 1 aliphatic heterocycles. The van der Waals surface area contributed by atoms with Crippen LogP contribution in [0.3, 0.4) is 0 Å². The third-order valence-corrected chi connectivity index (χ3v) is 4.95. The first kappa shape index (κ1) is 13.1. The van der Waals surface area contributed by atoms with Gasteiger partial charge in [0.2, 0.25) is 0 Å². The van der Waals surface area contributed by atoms with Gasteiger partial charge in [-0.15, -0.1) is 11.3 Å². The number of thiophene rings is 1. The normalized spacial score (nSPS) is 26.3. The van der Waals surface area contributed by atoms with Gasteiger partial charge in [-0.25, -0.2) is 0 Å². The number of ether oxygens (including phenoxy) is 1. The molecule has 0 aromatic carbocycles. The third kappa shape index (κ3) is 3.30. The highest BCUT2D eigenvalue weighted by molar-refractivity contribution is 7.12. The molecule has 3 heteroatoms. The molecule has 17 heavy (non-hydrogen) atoms. The number of aryl methyl sites for hydroxylation is 1. The van der Waals surface area contributed by atoms with Gasteiger partial charge in [-0.05, 0) is 45.2 Å². The molecular weight excluding hydrogens is 230 g/mol. The van der Waals surface area contributed by atoms with Crippen LogP contribution < -0.4 is 5.32 Å². The highest BCUT2D eigenvalue weighted by Crippen LogP contribution is 2.27. The minimum atomic E-state index is 0.0547. The van der Waals surface area contributed by atoms with Gasteiger partial charge in [0, 0.05) is 28.9 Å². The Morgan fingerprint density at radius 2 is 2.35 bits per heavy atom. The number of rotatable bonds is 5. The highest BCUT2D eigenvalue weighted by Gasteiger charge is 2.29. The molecule has 0 spiro atoms. The van der Waals surface area contributed by atoms with Gasteiger partial charge in [-0.1, -0.05) is 6.92 Å². The molecule has 1 aliphatic rings. The highest BCUT2D eigenvalue weighted by atomic mass is 32.1. The van der Waals surface area contributed by atoms with Crippen molar-refractivity contribution in [3.63, 3.8) is 0 Å². The molecule has 96 valence electrons. The Morgan fingerprint density at radius 3 is 2.94 bits per heavy atom. The van der Waals surface area contributed by atoms with E-state index >= 15 is 0 Å². The van der Waals surface area contributed by atoms with Gasteiger partial charge in [-0.2, -0.15) is 0 Å². The minimum Gasteiger partial charge on any atom is -0.374 e. The summed E-state index contributed by atoms with van der Waals surface area (Å²) in [5.74, 6) is 0. The summed E-state index contributed by atoms with van der Waals surface area (Å²) in [5, 5.41) is 3.60. The molecular formula is C14H23NOS. The van der Waals surface area contributed by atoms with Gasteiger partial charge >= 0.3 is 0 Å². The second-order valence-corrected chi connectivity index (χ2v) is 6.36. The molecule has 1 aromatic heterocycles. The molecule has 2 rings (SSSR count). The lowest BCUT2D eigenvalue weighted by atomic mass is 10.0. The summed E-state index contributed by atoms with van der Waals surface area (Å²) < 4.78 is 5.79. The standard InChI is InChI=1S/C14H23NOS/c1-4-12-6-7-13(17-12)11(2)15-10-14(3)8-5-9-16-14/h6-7,11,15H,4-5,8-10H2,1-3H3. The molecule has 1 saturated heterocycles. The zero-order valence-electron chi connectivity index (χ0n) is 11.1. The van der Waals surface area contributed by atoms with E-state index < -0.39 is 0 Å². The van der Waals surface area contributed by atoms with Gasteiger partial charge < -0.3 is 10.1 Å². The fourth-order valence-electron chi connectivity index (χ4n) is 2.26. The second kappa shape index (κ2) is 5.51. The van der Waals surface area contributed by atoms with Crippen LogP contribution >= 0.6 is 11.3 Å². The van der Waals surface area contributed by atoms with Crippen molar-refractivity contribution in [1.29, 1.82) is 0 Å². The van der Waals surface area contributed by atoms with E-state index in [-0.39, 0.29) is 5.60 Å².